The van der Waals surface area contributed by atoms with Gasteiger partial charge in [-0.15, -0.1) is 0 Å². The van der Waals surface area contributed by atoms with Crippen molar-refractivity contribution in [1.82, 2.24) is 0 Å². The Labute approximate surface area is 100 Å². The van der Waals surface area contributed by atoms with Crippen LogP contribution >= 0.6 is 8.92 Å². The summed E-state index contributed by atoms with van der Waals surface area (Å²) in [6.45, 7) is 0. The van der Waals surface area contributed by atoms with Gasteiger partial charge in [0.25, 0.3) is 0 Å². The molecule has 0 atom stereocenters. The molecule has 5 heteroatoms. The predicted octanol–water partition coefficient (Wildman–Crippen LogP) is -4.00. The number of hydrogen-bond donors (Lipinski definition) is 0. The minimum atomic E-state index is -3.57. The van der Waals surface area contributed by atoms with Gasteiger partial charge in [-0.2, -0.15) is 0 Å². The second kappa shape index (κ2) is 6.90. The van der Waals surface area contributed by atoms with Crippen molar-refractivity contribution in [2.75, 3.05) is 0 Å². The first-order valence-electron chi connectivity index (χ1n) is 0.597. The van der Waals surface area contributed by atoms with E-state index in [2.05, 4.69) is 8.92 Å². The van der Waals surface area contributed by atoms with E-state index in [9.17, 15) is 0 Å². The average Bonchev–Trinajstić information content (AvgIpc) is 0.811. The van der Waals surface area contributed by atoms with Crippen molar-refractivity contribution < 1.29 is 75.4 Å². The van der Waals surface area contributed by atoms with Gasteiger partial charge in [0.1, 0.15) is 0 Å². The maximum atomic E-state index is 8.93. The molecule has 0 saturated heterocycles. The van der Waals surface area contributed by atoms with E-state index in [1.807, 2.05) is 0 Å². The number of rotatable bonds is 0. The van der Waals surface area contributed by atoms with Gasteiger partial charge in [-0.05, 0) is 0 Å². The van der Waals surface area contributed by atoms with Crippen LogP contribution in [0.4, 0.5) is 0 Å². The summed E-state index contributed by atoms with van der Waals surface area (Å²) in [5.74, 6) is 0. The molecule has 0 spiro atoms. The fourth-order valence-electron chi connectivity index (χ4n) is 0. The Bertz CT molecular complexity index is 32.6. The standard InChI is InChI=1S/ClH.Cs.2O.Sn/h1H;;;;/q;+1;;-1;+1/p-1. The van der Waals surface area contributed by atoms with E-state index in [0.29, 0.717) is 0 Å². The Balaban J connectivity index is 0. The molecule has 0 aromatic carbocycles. The summed E-state index contributed by atoms with van der Waals surface area (Å²) in [5, 5.41) is 0. The van der Waals surface area contributed by atoms with Crippen LogP contribution in [0.25, 0.3) is 0 Å². The molecule has 0 aliphatic rings. The van der Waals surface area contributed by atoms with Crippen LogP contribution in [0.2, 0.25) is 0 Å². The van der Waals surface area contributed by atoms with Crippen LogP contribution in [0.3, 0.4) is 0 Å². The van der Waals surface area contributed by atoms with Crippen molar-refractivity contribution in [1.29, 1.82) is 0 Å². The Morgan fingerprint density at radius 1 is 1.80 bits per heavy atom. The zero-order valence-corrected chi connectivity index (χ0v) is 12.6. The third-order valence-corrected chi connectivity index (χ3v) is 0. The van der Waals surface area contributed by atoms with Crippen molar-refractivity contribution in [3.05, 3.63) is 0 Å². The van der Waals surface area contributed by atoms with E-state index < -0.39 is 19.0 Å². The number of halogens is 1. The Kier molecular flexibility index (Phi) is 14.9. The third kappa shape index (κ3) is 19.7. The van der Waals surface area contributed by atoms with Crippen LogP contribution in [0.5, 0.6) is 0 Å². The van der Waals surface area contributed by atoms with Crippen LogP contribution in [-0.4, -0.2) is 19.0 Å². The van der Waals surface area contributed by atoms with E-state index >= 15 is 0 Å². The topological polar surface area (TPSA) is 40.1 Å². The first kappa shape index (κ1) is 10.8. The van der Waals surface area contributed by atoms with Crippen molar-refractivity contribution in [2.24, 2.45) is 0 Å². The molecule has 0 radical (unpaired) electrons. The fourth-order valence-corrected chi connectivity index (χ4v) is 0. The van der Waals surface area contributed by atoms with Gasteiger partial charge in [0.2, 0.25) is 0 Å². The molecule has 0 saturated carbocycles. The summed E-state index contributed by atoms with van der Waals surface area (Å²) in [6, 6.07) is 0. The molecule has 0 aromatic rings. The van der Waals surface area contributed by atoms with E-state index in [1.54, 1.807) is 0 Å². The van der Waals surface area contributed by atoms with Gasteiger partial charge in [-0.3, -0.25) is 0 Å². The Morgan fingerprint density at radius 2 is 1.80 bits per heavy atom. The zero-order chi connectivity index (χ0) is 3.58. The van der Waals surface area contributed by atoms with Gasteiger partial charge in [0, 0.05) is 0 Å². The fraction of sp³-hybridized carbons (Fsp3) is 0. The summed E-state index contributed by atoms with van der Waals surface area (Å²) < 4.78 is 17.9. The van der Waals surface area contributed by atoms with Crippen LogP contribution < -0.4 is 72.3 Å². The molecular formula is ClCsO2Sn. The van der Waals surface area contributed by atoms with Crippen LogP contribution in [-0.2, 0) is 3.08 Å². The van der Waals surface area contributed by atoms with Crippen LogP contribution in [0.1, 0.15) is 0 Å². The summed E-state index contributed by atoms with van der Waals surface area (Å²) in [5.41, 5.74) is 0. The van der Waals surface area contributed by atoms with Gasteiger partial charge in [-0.25, -0.2) is 0 Å². The third-order valence-electron chi connectivity index (χ3n) is 0. The molecule has 0 aliphatic heterocycles. The molecule has 0 aromatic heterocycles. The molecule has 5 heavy (non-hydrogen) atoms. The molecule has 0 aliphatic carbocycles. The van der Waals surface area contributed by atoms with Crippen molar-refractivity contribution in [3.8, 4) is 0 Å². The molecule has 0 bridgehead atoms. The molecule has 0 fully saturated rings. The van der Waals surface area contributed by atoms with Gasteiger partial charge in [0.15, 0.2) is 0 Å². The molecule has 0 amide bonds. The van der Waals surface area contributed by atoms with Crippen molar-refractivity contribution in [3.63, 3.8) is 0 Å². The first-order chi connectivity index (χ1) is 1.73. The SMILES string of the molecule is [Cs+].[O]=[Sn]([O-])[Cl]. The van der Waals surface area contributed by atoms with E-state index in [-0.39, 0.29) is 68.9 Å². The minimum absolute atomic E-state index is 0. The second-order valence-corrected chi connectivity index (χ2v) is 3.66. The summed E-state index contributed by atoms with van der Waals surface area (Å²) >= 11 is -3.57. The summed E-state index contributed by atoms with van der Waals surface area (Å²) in [6.07, 6.45) is 0. The van der Waals surface area contributed by atoms with E-state index in [0.717, 1.165) is 0 Å². The molecule has 0 heterocycles. The van der Waals surface area contributed by atoms with Gasteiger partial charge in [0.05, 0.1) is 0 Å². The van der Waals surface area contributed by atoms with Gasteiger partial charge < -0.3 is 0 Å². The molecule has 24 valence electrons. The Morgan fingerprint density at radius 3 is 1.80 bits per heavy atom. The number of hydrogen-bond acceptors (Lipinski definition) is 2. The summed E-state index contributed by atoms with van der Waals surface area (Å²) in [4.78, 5) is 0. The normalized spacial score (nSPS) is 5.20. The molecule has 0 unspecified atom stereocenters. The average molecular weight is 319 g/mol. The van der Waals surface area contributed by atoms with Crippen LogP contribution in [0, 0.1) is 0 Å². The summed E-state index contributed by atoms with van der Waals surface area (Å²) in [7, 11) is 4.36. The maximum absolute atomic E-state index is 8.93. The first-order valence-corrected chi connectivity index (χ1v) is 6.54. The molecule has 0 N–H and O–H groups in total. The van der Waals surface area contributed by atoms with Crippen molar-refractivity contribution in [2.45, 2.75) is 0 Å². The van der Waals surface area contributed by atoms with E-state index in [1.165, 1.54) is 0 Å². The predicted molar refractivity (Wildman–Crippen MR) is 12.3 cm³/mol. The van der Waals surface area contributed by atoms with E-state index in [4.69, 9.17) is 6.52 Å². The quantitative estimate of drug-likeness (QED) is 0.427. The molecule has 0 rings (SSSR count). The monoisotopic (exact) mass is 320 g/mol. The van der Waals surface area contributed by atoms with Gasteiger partial charge in [-0.1, -0.05) is 0 Å². The van der Waals surface area contributed by atoms with Crippen LogP contribution in [0.15, 0.2) is 0 Å². The molecular weight excluding hydrogens is 319 g/mol. The van der Waals surface area contributed by atoms with Crippen molar-refractivity contribution >= 4 is 28.0 Å². The Hall–Kier alpha value is 2.90. The second-order valence-electron chi connectivity index (χ2n) is 0.238. The van der Waals surface area contributed by atoms with Gasteiger partial charge >= 0.3 is 103 Å². The zero-order valence-electron chi connectivity index (χ0n) is 2.69. The molecule has 2 nitrogen and oxygen atoms in total.